The minimum atomic E-state index is -0.441. The smallest absolute Gasteiger partial charge is 0.250 e. The number of hydrogen-bond acceptors (Lipinski definition) is 4. The number of pyridine rings is 1. The fraction of sp³-hybridized carbons (Fsp3) is 0.280. The molecule has 4 N–H and O–H groups in total. The van der Waals surface area contributed by atoms with Crippen LogP contribution in [0.3, 0.4) is 0 Å². The van der Waals surface area contributed by atoms with Crippen LogP contribution in [0.1, 0.15) is 47.2 Å². The Morgan fingerprint density at radius 2 is 1.87 bits per heavy atom. The Labute approximate surface area is 177 Å². The summed E-state index contributed by atoms with van der Waals surface area (Å²) in [4.78, 5) is 16.2. The standard InChI is InChI=1S/C25H27N3O2/c26-25(30)23-12-7-19(15-24(23)28-20-8-10-21(29)11-9-20)22-6-2-1-5-18(22)14-17-4-3-13-27-16-17/h1-7,12-13,15-16,20-21,28-29H,8-11,14H2,(H2,26,30). The number of benzene rings is 2. The number of aliphatic hydroxyl groups excluding tert-OH is 1. The summed E-state index contributed by atoms with van der Waals surface area (Å²) in [7, 11) is 0. The molecule has 0 bridgehead atoms. The van der Waals surface area contributed by atoms with Gasteiger partial charge in [0, 0.05) is 24.1 Å². The van der Waals surface area contributed by atoms with Crippen molar-refractivity contribution in [1.82, 2.24) is 4.98 Å². The van der Waals surface area contributed by atoms with Gasteiger partial charge in [-0.05, 0) is 72.6 Å². The van der Waals surface area contributed by atoms with Crippen LogP contribution in [-0.2, 0) is 6.42 Å². The van der Waals surface area contributed by atoms with Crippen LogP contribution >= 0.6 is 0 Å². The lowest BCUT2D eigenvalue weighted by Crippen LogP contribution is -2.29. The second-order valence-corrected chi connectivity index (χ2v) is 7.97. The summed E-state index contributed by atoms with van der Waals surface area (Å²) in [6.07, 6.45) is 7.53. The maximum absolute atomic E-state index is 12.0. The van der Waals surface area contributed by atoms with E-state index in [1.807, 2.05) is 36.5 Å². The molecule has 0 unspecified atom stereocenters. The van der Waals surface area contributed by atoms with E-state index in [2.05, 4.69) is 28.5 Å². The third-order valence-corrected chi connectivity index (χ3v) is 5.79. The molecule has 2 aromatic carbocycles. The van der Waals surface area contributed by atoms with E-state index in [-0.39, 0.29) is 12.1 Å². The molecule has 30 heavy (non-hydrogen) atoms. The number of amides is 1. The van der Waals surface area contributed by atoms with E-state index >= 15 is 0 Å². The van der Waals surface area contributed by atoms with Crippen LogP contribution in [0.5, 0.6) is 0 Å². The van der Waals surface area contributed by atoms with Crippen LogP contribution < -0.4 is 11.1 Å². The molecule has 1 aliphatic carbocycles. The van der Waals surface area contributed by atoms with Crippen LogP contribution in [0.2, 0.25) is 0 Å². The molecule has 0 saturated heterocycles. The highest BCUT2D eigenvalue weighted by Crippen LogP contribution is 2.31. The van der Waals surface area contributed by atoms with Gasteiger partial charge in [-0.15, -0.1) is 0 Å². The highest BCUT2D eigenvalue weighted by Gasteiger charge is 2.21. The van der Waals surface area contributed by atoms with Gasteiger partial charge in [0.1, 0.15) is 0 Å². The summed E-state index contributed by atoms with van der Waals surface area (Å²) in [5.41, 5.74) is 11.4. The second kappa shape index (κ2) is 9.09. The van der Waals surface area contributed by atoms with Crippen molar-refractivity contribution in [3.63, 3.8) is 0 Å². The van der Waals surface area contributed by atoms with Gasteiger partial charge < -0.3 is 16.2 Å². The topological polar surface area (TPSA) is 88.2 Å². The third kappa shape index (κ3) is 4.69. The van der Waals surface area contributed by atoms with E-state index in [0.29, 0.717) is 5.56 Å². The maximum Gasteiger partial charge on any atom is 0.250 e. The molecule has 1 aliphatic rings. The number of primary amides is 1. The molecule has 1 saturated carbocycles. The normalized spacial score (nSPS) is 18.7. The average molecular weight is 402 g/mol. The first-order valence-corrected chi connectivity index (χ1v) is 10.5. The number of carbonyl (C=O) groups excluding carboxylic acids is 1. The third-order valence-electron chi connectivity index (χ3n) is 5.79. The summed E-state index contributed by atoms with van der Waals surface area (Å²) in [5.74, 6) is -0.441. The van der Waals surface area contributed by atoms with E-state index in [1.165, 1.54) is 5.56 Å². The van der Waals surface area contributed by atoms with Crippen molar-refractivity contribution in [2.45, 2.75) is 44.2 Å². The number of nitrogens with zero attached hydrogens (tertiary/aromatic N) is 1. The largest absolute Gasteiger partial charge is 0.393 e. The molecule has 0 atom stereocenters. The van der Waals surface area contributed by atoms with Crippen molar-refractivity contribution in [2.24, 2.45) is 5.73 Å². The van der Waals surface area contributed by atoms with Crippen molar-refractivity contribution >= 4 is 11.6 Å². The molecule has 5 heteroatoms. The van der Waals surface area contributed by atoms with Gasteiger partial charge in [-0.2, -0.15) is 0 Å². The van der Waals surface area contributed by atoms with Crippen molar-refractivity contribution < 1.29 is 9.90 Å². The van der Waals surface area contributed by atoms with Gasteiger partial charge in [-0.3, -0.25) is 9.78 Å². The van der Waals surface area contributed by atoms with Gasteiger partial charge in [0.05, 0.1) is 11.7 Å². The van der Waals surface area contributed by atoms with Crippen LogP contribution in [0.4, 0.5) is 5.69 Å². The molecule has 1 fully saturated rings. The van der Waals surface area contributed by atoms with Gasteiger partial charge in [-0.25, -0.2) is 0 Å². The minimum absolute atomic E-state index is 0.218. The van der Waals surface area contributed by atoms with Crippen LogP contribution in [0.15, 0.2) is 67.0 Å². The van der Waals surface area contributed by atoms with E-state index < -0.39 is 5.91 Å². The van der Waals surface area contributed by atoms with Gasteiger partial charge in [-0.1, -0.05) is 36.4 Å². The fourth-order valence-corrected chi connectivity index (χ4v) is 4.16. The van der Waals surface area contributed by atoms with E-state index in [1.54, 1.807) is 12.3 Å². The van der Waals surface area contributed by atoms with Crippen LogP contribution in [0, 0.1) is 0 Å². The van der Waals surface area contributed by atoms with Crippen LogP contribution in [-0.4, -0.2) is 28.1 Å². The zero-order valence-electron chi connectivity index (χ0n) is 16.9. The number of aromatic nitrogens is 1. The highest BCUT2D eigenvalue weighted by atomic mass is 16.3. The summed E-state index contributed by atoms with van der Waals surface area (Å²) in [5, 5.41) is 13.3. The summed E-state index contributed by atoms with van der Waals surface area (Å²) in [6.45, 7) is 0. The Morgan fingerprint density at radius 3 is 2.60 bits per heavy atom. The number of hydrogen-bond donors (Lipinski definition) is 3. The Balaban J connectivity index is 1.66. The lowest BCUT2D eigenvalue weighted by Gasteiger charge is -2.28. The average Bonchev–Trinajstić information content (AvgIpc) is 2.76. The van der Waals surface area contributed by atoms with Crippen molar-refractivity contribution in [3.8, 4) is 11.1 Å². The zero-order chi connectivity index (χ0) is 20.9. The Bertz CT molecular complexity index is 1010. The summed E-state index contributed by atoms with van der Waals surface area (Å²) in [6, 6.07) is 18.3. The van der Waals surface area contributed by atoms with Gasteiger partial charge >= 0.3 is 0 Å². The van der Waals surface area contributed by atoms with Gasteiger partial charge in [0.25, 0.3) is 5.91 Å². The quantitative estimate of drug-likeness (QED) is 0.579. The number of carbonyl (C=O) groups is 1. The SMILES string of the molecule is NC(=O)c1ccc(-c2ccccc2Cc2cccnc2)cc1NC1CCC(O)CC1. The molecule has 0 spiro atoms. The van der Waals surface area contributed by atoms with Gasteiger partial charge in [0.2, 0.25) is 0 Å². The van der Waals surface area contributed by atoms with Crippen molar-refractivity contribution in [1.29, 1.82) is 0 Å². The second-order valence-electron chi connectivity index (χ2n) is 7.97. The lowest BCUT2D eigenvalue weighted by molar-refractivity contribution is 0.100. The van der Waals surface area contributed by atoms with Crippen LogP contribution in [0.25, 0.3) is 11.1 Å². The molecule has 0 aliphatic heterocycles. The first-order chi connectivity index (χ1) is 14.6. The number of rotatable bonds is 6. The summed E-state index contributed by atoms with van der Waals surface area (Å²) >= 11 is 0. The predicted molar refractivity (Wildman–Crippen MR) is 119 cm³/mol. The zero-order valence-corrected chi connectivity index (χ0v) is 16.9. The lowest BCUT2D eigenvalue weighted by atomic mass is 9.91. The van der Waals surface area contributed by atoms with E-state index in [4.69, 9.17) is 5.73 Å². The number of nitrogens with one attached hydrogen (secondary N) is 1. The number of anilines is 1. The predicted octanol–water partition coefficient (Wildman–Crippen LogP) is 4.15. The number of aliphatic hydroxyl groups is 1. The van der Waals surface area contributed by atoms with Crippen molar-refractivity contribution in [2.75, 3.05) is 5.32 Å². The summed E-state index contributed by atoms with van der Waals surface area (Å²) < 4.78 is 0. The maximum atomic E-state index is 12.0. The van der Waals surface area contributed by atoms with E-state index in [9.17, 15) is 9.90 Å². The first-order valence-electron chi connectivity index (χ1n) is 10.5. The molecule has 3 aromatic rings. The minimum Gasteiger partial charge on any atom is -0.393 e. The molecule has 1 aromatic heterocycles. The molecule has 0 radical (unpaired) electrons. The molecular weight excluding hydrogens is 374 g/mol. The fourth-order valence-electron chi connectivity index (χ4n) is 4.16. The highest BCUT2D eigenvalue weighted by molar-refractivity contribution is 5.99. The molecule has 1 heterocycles. The molecular formula is C25H27N3O2. The molecule has 5 nitrogen and oxygen atoms in total. The van der Waals surface area contributed by atoms with Crippen molar-refractivity contribution in [3.05, 3.63) is 83.7 Å². The monoisotopic (exact) mass is 401 g/mol. The molecule has 4 rings (SSSR count). The Kier molecular flexibility index (Phi) is 6.10. The van der Waals surface area contributed by atoms with E-state index in [0.717, 1.165) is 54.5 Å². The first kappa shape index (κ1) is 20.1. The Hall–Kier alpha value is -3.18. The molecule has 1 amide bonds. The molecule has 154 valence electrons. The number of nitrogens with two attached hydrogens (primary N) is 1. The Morgan fingerprint density at radius 1 is 1.07 bits per heavy atom. The van der Waals surface area contributed by atoms with Gasteiger partial charge in [0.15, 0.2) is 0 Å².